The van der Waals surface area contributed by atoms with E-state index >= 15 is 0 Å². The number of aromatic carboxylic acids is 1. The standard InChI is InChI=1S/C6H10ClNO.C5H4O3/c7-5-3-1-2-4-6(5)8-9;6-5(7)4-2-1-3-8-4/h5,9H,1-4H2;1-3H,(H,6,7). The van der Waals surface area contributed by atoms with Gasteiger partial charge < -0.3 is 14.7 Å². The van der Waals surface area contributed by atoms with Gasteiger partial charge in [0.1, 0.15) is 0 Å². The summed E-state index contributed by atoms with van der Waals surface area (Å²) in [6, 6.07) is 2.92. The summed E-state index contributed by atoms with van der Waals surface area (Å²) in [6.07, 6.45) is 5.42. The van der Waals surface area contributed by atoms with Crippen LogP contribution in [0.3, 0.4) is 0 Å². The van der Waals surface area contributed by atoms with Crippen LogP contribution in [0.15, 0.2) is 28.0 Å². The van der Waals surface area contributed by atoms with Crippen LogP contribution in [-0.2, 0) is 0 Å². The lowest BCUT2D eigenvalue weighted by molar-refractivity contribution is 0.0662. The van der Waals surface area contributed by atoms with Crippen molar-refractivity contribution in [3.63, 3.8) is 0 Å². The molecular weight excluding hydrogens is 246 g/mol. The molecule has 1 aliphatic carbocycles. The zero-order valence-electron chi connectivity index (χ0n) is 9.17. The lowest BCUT2D eigenvalue weighted by Gasteiger charge is -2.15. The van der Waals surface area contributed by atoms with Crippen LogP contribution in [0.4, 0.5) is 0 Å². The highest BCUT2D eigenvalue weighted by Gasteiger charge is 2.17. The number of rotatable bonds is 1. The fraction of sp³-hybridized carbons (Fsp3) is 0.455. The second kappa shape index (κ2) is 6.96. The lowest BCUT2D eigenvalue weighted by Crippen LogP contribution is -2.18. The molecule has 6 heteroatoms. The fourth-order valence-electron chi connectivity index (χ4n) is 1.47. The number of furan rings is 1. The quantitative estimate of drug-likeness (QED) is 0.461. The number of carbonyl (C=O) groups is 1. The molecule has 1 heterocycles. The van der Waals surface area contributed by atoms with E-state index in [1.54, 1.807) is 0 Å². The van der Waals surface area contributed by atoms with Crippen LogP contribution >= 0.6 is 11.6 Å². The summed E-state index contributed by atoms with van der Waals surface area (Å²) >= 11 is 5.79. The molecule has 1 atom stereocenters. The molecule has 0 aromatic carbocycles. The highest BCUT2D eigenvalue weighted by atomic mass is 35.5. The van der Waals surface area contributed by atoms with Gasteiger partial charge in [-0.1, -0.05) is 11.6 Å². The molecule has 2 rings (SSSR count). The SMILES string of the molecule is O=C(O)c1ccco1.ON=C1CCCCC1Cl. The first kappa shape index (κ1) is 13.6. The molecule has 0 saturated heterocycles. The van der Waals surface area contributed by atoms with E-state index in [1.165, 1.54) is 18.4 Å². The molecule has 0 aliphatic heterocycles. The van der Waals surface area contributed by atoms with Crippen molar-refractivity contribution in [1.29, 1.82) is 0 Å². The smallest absolute Gasteiger partial charge is 0.371 e. The van der Waals surface area contributed by atoms with Crippen molar-refractivity contribution in [2.24, 2.45) is 5.16 Å². The molecule has 0 radical (unpaired) electrons. The molecule has 1 aromatic rings. The van der Waals surface area contributed by atoms with Gasteiger partial charge in [-0.2, -0.15) is 0 Å². The van der Waals surface area contributed by atoms with Crippen LogP contribution in [-0.4, -0.2) is 27.4 Å². The predicted molar refractivity (Wildman–Crippen MR) is 63.0 cm³/mol. The van der Waals surface area contributed by atoms with Crippen LogP contribution in [0.25, 0.3) is 0 Å². The van der Waals surface area contributed by atoms with Crippen LogP contribution in [0.5, 0.6) is 0 Å². The van der Waals surface area contributed by atoms with Crippen molar-refractivity contribution in [1.82, 2.24) is 0 Å². The summed E-state index contributed by atoms with van der Waals surface area (Å²) in [7, 11) is 0. The van der Waals surface area contributed by atoms with E-state index in [2.05, 4.69) is 9.57 Å². The van der Waals surface area contributed by atoms with E-state index in [4.69, 9.17) is 21.9 Å². The Labute approximate surface area is 104 Å². The molecule has 5 nitrogen and oxygen atoms in total. The van der Waals surface area contributed by atoms with Gasteiger partial charge in [0.25, 0.3) is 0 Å². The first-order chi connectivity index (χ1) is 8.15. The zero-order chi connectivity index (χ0) is 12.7. The first-order valence-electron chi connectivity index (χ1n) is 5.27. The van der Waals surface area contributed by atoms with Crippen LogP contribution < -0.4 is 0 Å². The lowest BCUT2D eigenvalue weighted by atomic mass is 9.98. The van der Waals surface area contributed by atoms with Gasteiger partial charge in [-0.05, 0) is 31.4 Å². The van der Waals surface area contributed by atoms with E-state index in [0.717, 1.165) is 31.4 Å². The van der Waals surface area contributed by atoms with Gasteiger partial charge >= 0.3 is 5.97 Å². The number of oxime groups is 1. The van der Waals surface area contributed by atoms with Gasteiger partial charge in [-0.3, -0.25) is 0 Å². The summed E-state index contributed by atoms with van der Waals surface area (Å²) in [5, 5.41) is 19.6. The van der Waals surface area contributed by atoms with Gasteiger partial charge in [-0.15, -0.1) is 11.6 Å². The molecule has 1 unspecified atom stereocenters. The first-order valence-corrected chi connectivity index (χ1v) is 5.70. The van der Waals surface area contributed by atoms with Crippen molar-refractivity contribution in [2.45, 2.75) is 31.1 Å². The average molecular weight is 260 g/mol. The third-order valence-electron chi connectivity index (χ3n) is 2.36. The summed E-state index contributed by atoms with van der Waals surface area (Å²) in [4.78, 5) is 9.97. The van der Waals surface area contributed by atoms with Crippen molar-refractivity contribution in [2.75, 3.05) is 0 Å². The maximum atomic E-state index is 9.97. The van der Waals surface area contributed by atoms with Crippen LogP contribution in [0, 0.1) is 0 Å². The Morgan fingerprint density at radius 1 is 1.53 bits per heavy atom. The van der Waals surface area contributed by atoms with E-state index in [-0.39, 0.29) is 11.1 Å². The molecule has 1 fully saturated rings. The molecule has 1 aromatic heterocycles. The molecule has 94 valence electrons. The van der Waals surface area contributed by atoms with Gasteiger partial charge in [0, 0.05) is 0 Å². The van der Waals surface area contributed by atoms with Crippen LogP contribution in [0.2, 0.25) is 0 Å². The van der Waals surface area contributed by atoms with Crippen molar-refractivity contribution in [3.8, 4) is 0 Å². The number of alkyl halides is 1. The molecule has 0 spiro atoms. The molecular formula is C11H14ClNO4. The number of carboxylic acids is 1. The normalized spacial score (nSPS) is 21.7. The van der Waals surface area contributed by atoms with Crippen LogP contribution in [0.1, 0.15) is 36.2 Å². The maximum absolute atomic E-state index is 9.97. The Morgan fingerprint density at radius 2 is 2.29 bits per heavy atom. The number of halogens is 1. The molecule has 1 aliphatic rings. The Bertz CT molecular complexity index is 375. The number of carboxylic acid groups (broad SMARTS) is 1. The molecule has 1 saturated carbocycles. The predicted octanol–water partition coefficient (Wildman–Crippen LogP) is 2.98. The zero-order valence-corrected chi connectivity index (χ0v) is 9.93. The Kier molecular flexibility index (Phi) is 5.56. The van der Waals surface area contributed by atoms with Gasteiger partial charge in [-0.25, -0.2) is 4.79 Å². The van der Waals surface area contributed by atoms with Gasteiger partial charge in [0.15, 0.2) is 0 Å². The Hall–Kier alpha value is -1.49. The van der Waals surface area contributed by atoms with Gasteiger partial charge in [0.05, 0.1) is 17.4 Å². The van der Waals surface area contributed by atoms with E-state index in [1.807, 2.05) is 0 Å². The summed E-state index contributed by atoms with van der Waals surface area (Å²) in [5.74, 6) is -1.06. The van der Waals surface area contributed by atoms with Gasteiger partial charge in [0.2, 0.25) is 5.76 Å². The Morgan fingerprint density at radius 3 is 2.65 bits per heavy atom. The third kappa shape index (κ3) is 4.48. The van der Waals surface area contributed by atoms with E-state index in [0.29, 0.717) is 0 Å². The largest absolute Gasteiger partial charge is 0.475 e. The topological polar surface area (TPSA) is 83.0 Å². The van der Waals surface area contributed by atoms with Crippen molar-refractivity contribution in [3.05, 3.63) is 24.2 Å². The molecule has 0 amide bonds. The maximum Gasteiger partial charge on any atom is 0.371 e. The molecule has 0 bridgehead atoms. The average Bonchev–Trinajstić information content (AvgIpc) is 2.84. The summed E-state index contributed by atoms with van der Waals surface area (Å²) in [5.41, 5.74) is 0.753. The van der Waals surface area contributed by atoms with Crippen molar-refractivity contribution < 1.29 is 19.5 Å². The summed E-state index contributed by atoms with van der Waals surface area (Å²) < 4.78 is 4.50. The Balaban J connectivity index is 0.000000171. The minimum absolute atomic E-state index is 0.0104. The minimum atomic E-state index is -1.03. The highest BCUT2D eigenvalue weighted by Crippen LogP contribution is 2.19. The molecule has 2 N–H and O–H groups in total. The number of hydrogen-bond donors (Lipinski definition) is 2. The van der Waals surface area contributed by atoms with Crippen molar-refractivity contribution >= 4 is 23.3 Å². The van der Waals surface area contributed by atoms with E-state index in [9.17, 15) is 4.79 Å². The fourth-order valence-corrected chi connectivity index (χ4v) is 1.77. The number of nitrogens with zero attached hydrogens (tertiary/aromatic N) is 1. The third-order valence-corrected chi connectivity index (χ3v) is 2.83. The minimum Gasteiger partial charge on any atom is -0.475 e. The number of hydrogen-bond acceptors (Lipinski definition) is 4. The summed E-state index contributed by atoms with van der Waals surface area (Å²) in [6.45, 7) is 0. The van der Waals surface area contributed by atoms with E-state index < -0.39 is 5.97 Å². The second-order valence-corrected chi connectivity index (χ2v) is 4.11. The highest BCUT2D eigenvalue weighted by molar-refractivity contribution is 6.32. The second-order valence-electron chi connectivity index (χ2n) is 3.59. The monoisotopic (exact) mass is 259 g/mol. The molecule has 17 heavy (non-hydrogen) atoms.